The molecule has 0 bridgehead atoms. The molecule has 0 unspecified atom stereocenters. The fraction of sp³-hybridized carbons (Fsp3) is 0.227. The molecule has 1 atom stereocenters. The number of hydrogen-bond acceptors (Lipinski definition) is 5. The van der Waals surface area contributed by atoms with E-state index in [0.717, 1.165) is 5.39 Å². The van der Waals surface area contributed by atoms with Crippen molar-refractivity contribution >= 4 is 22.8 Å². The highest BCUT2D eigenvalue weighted by molar-refractivity contribution is 5.98. The summed E-state index contributed by atoms with van der Waals surface area (Å²) >= 11 is 0. The number of esters is 1. The first-order chi connectivity index (χ1) is 13.4. The highest BCUT2D eigenvalue weighted by Crippen LogP contribution is 2.22. The van der Waals surface area contributed by atoms with Crippen molar-refractivity contribution in [3.63, 3.8) is 0 Å². The second-order valence-corrected chi connectivity index (χ2v) is 6.78. The molecule has 0 aliphatic carbocycles. The summed E-state index contributed by atoms with van der Waals surface area (Å²) in [7, 11) is 1.28. The van der Waals surface area contributed by atoms with Gasteiger partial charge in [-0.1, -0.05) is 44.2 Å². The van der Waals surface area contributed by atoms with Crippen molar-refractivity contribution in [2.45, 2.75) is 19.9 Å². The van der Waals surface area contributed by atoms with Gasteiger partial charge in [-0.2, -0.15) is 0 Å². The molecule has 0 aliphatic heterocycles. The summed E-state index contributed by atoms with van der Waals surface area (Å²) in [6.07, 6.45) is 0. The van der Waals surface area contributed by atoms with Crippen molar-refractivity contribution < 1.29 is 18.7 Å². The van der Waals surface area contributed by atoms with E-state index in [2.05, 4.69) is 5.32 Å². The Labute approximate surface area is 162 Å². The van der Waals surface area contributed by atoms with Gasteiger partial charge in [-0.3, -0.25) is 4.79 Å². The first-order valence-corrected chi connectivity index (χ1v) is 8.92. The molecule has 28 heavy (non-hydrogen) atoms. The van der Waals surface area contributed by atoms with Crippen LogP contribution in [0.4, 0.5) is 0 Å². The van der Waals surface area contributed by atoms with Gasteiger partial charge in [0.2, 0.25) is 0 Å². The molecular weight excluding hydrogens is 358 g/mol. The number of para-hydroxylation sites is 1. The summed E-state index contributed by atoms with van der Waals surface area (Å²) in [6.45, 7) is 3.64. The summed E-state index contributed by atoms with van der Waals surface area (Å²) in [4.78, 5) is 36.9. The van der Waals surface area contributed by atoms with Gasteiger partial charge >= 0.3 is 11.6 Å². The molecule has 3 aromatic rings. The third-order valence-corrected chi connectivity index (χ3v) is 4.49. The topological polar surface area (TPSA) is 85.6 Å². The lowest BCUT2D eigenvalue weighted by atomic mass is 10.0. The molecule has 0 saturated heterocycles. The fourth-order valence-electron chi connectivity index (χ4n) is 2.94. The van der Waals surface area contributed by atoms with Crippen LogP contribution in [-0.2, 0) is 9.53 Å². The van der Waals surface area contributed by atoms with Crippen LogP contribution in [0.15, 0.2) is 63.8 Å². The number of fused-ring (bicyclic) bond motifs is 1. The van der Waals surface area contributed by atoms with Gasteiger partial charge in [0, 0.05) is 10.9 Å². The van der Waals surface area contributed by atoms with Crippen molar-refractivity contribution in [3.05, 3.63) is 70.6 Å². The van der Waals surface area contributed by atoms with Gasteiger partial charge in [-0.25, -0.2) is 9.59 Å². The van der Waals surface area contributed by atoms with E-state index in [9.17, 15) is 14.4 Å². The number of rotatable bonds is 5. The standard InChI is InChI=1S/C22H21NO5/c1-13(2)19(22(26)27-3)23-20(24)16-9-6-8-14(11-16)17-12-15-7-4-5-10-18(15)28-21(17)25/h4-13,19H,1-3H3,(H,23,24)/t19-/m1/s1. The van der Waals surface area contributed by atoms with Gasteiger partial charge in [0.05, 0.1) is 12.7 Å². The number of carbonyl (C=O) groups excluding carboxylic acids is 2. The van der Waals surface area contributed by atoms with Gasteiger partial charge < -0.3 is 14.5 Å². The lowest BCUT2D eigenvalue weighted by Gasteiger charge is -2.19. The molecule has 144 valence electrons. The molecule has 2 aromatic carbocycles. The molecule has 1 N–H and O–H groups in total. The van der Waals surface area contributed by atoms with E-state index >= 15 is 0 Å². The molecule has 0 aliphatic rings. The Hall–Kier alpha value is -3.41. The number of ether oxygens (including phenoxy) is 1. The average molecular weight is 379 g/mol. The number of benzene rings is 2. The SMILES string of the molecule is COC(=O)[C@H](NC(=O)c1cccc(-c2cc3ccccc3oc2=O)c1)C(C)C. The number of hydrogen-bond donors (Lipinski definition) is 1. The van der Waals surface area contributed by atoms with Crippen molar-refractivity contribution in [1.82, 2.24) is 5.32 Å². The molecule has 6 nitrogen and oxygen atoms in total. The lowest BCUT2D eigenvalue weighted by Crippen LogP contribution is -2.45. The summed E-state index contributed by atoms with van der Waals surface area (Å²) in [6, 6.07) is 14.8. The van der Waals surface area contributed by atoms with Gasteiger partial charge in [-0.05, 0) is 35.7 Å². The minimum absolute atomic E-state index is 0.132. The van der Waals surface area contributed by atoms with Gasteiger partial charge in [-0.15, -0.1) is 0 Å². The fourth-order valence-corrected chi connectivity index (χ4v) is 2.94. The summed E-state index contributed by atoms with van der Waals surface area (Å²) in [5, 5.41) is 3.48. The second-order valence-electron chi connectivity index (χ2n) is 6.78. The predicted molar refractivity (Wildman–Crippen MR) is 106 cm³/mol. The number of amides is 1. The van der Waals surface area contributed by atoms with Crippen LogP contribution in [0.5, 0.6) is 0 Å². The van der Waals surface area contributed by atoms with Crippen LogP contribution < -0.4 is 10.9 Å². The van der Waals surface area contributed by atoms with E-state index in [1.54, 1.807) is 42.5 Å². The van der Waals surface area contributed by atoms with Gasteiger partial charge in [0.25, 0.3) is 5.91 Å². The van der Waals surface area contributed by atoms with Crippen LogP contribution in [0.3, 0.4) is 0 Å². The molecule has 1 amide bonds. The van der Waals surface area contributed by atoms with E-state index in [1.165, 1.54) is 7.11 Å². The monoisotopic (exact) mass is 379 g/mol. The van der Waals surface area contributed by atoms with Crippen LogP contribution in [0.2, 0.25) is 0 Å². The Morgan fingerprint density at radius 3 is 2.50 bits per heavy atom. The summed E-state index contributed by atoms with van der Waals surface area (Å²) in [5.41, 5.74) is 1.28. The van der Waals surface area contributed by atoms with Crippen LogP contribution in [0.25, 0.3) is 22.1 Å². The molecule has 0 saturated carbocycles. The number of nitrogens with one attached hydrogen (secondary N) is 1. The molecule has 0 fully saturated rings. The van der Waals surface area contributed by atoms with Gasteiger partial charge in [0.15, 0.2) is 0 Å². The zero-order valence-electron chi connectivity index (χ0n) is 15.9. The summed E-state index contributed by atoms with van der Waals surface area (Å²) in [5.74, 6) is -1.06. The third-order valence-electron chi connectivity index (χ3n) is 4.49. The molecule has 3 rings (SSSR count). The Bertz CT molecular complexity index is 1080. The minimum atomic E-state index is -0.758. The van der Waals surface area contributed by atoms with E-state index in [1.807, 2.05) is 26.0 Å². The maximum absolute atomic E-state index is 12.6. The third kappa shape index (κ3) is 3.96. The van der Waals surface area contributed by atoms with Crippen molar-refractivity contribution in [2.24, 2.45) is 5.92 Å². The lowest BCUT2D eigenvalue weighted by molar-refractivity contribution is -0.144. The maximum atomic E-state index is 12.6. The predicted octanol–water partition coefficient (Wildman–Crippen LogP) is 3.39. The van der Waals surface area contributed by atoms with E-state index in [4.69, 9.17) is 9.15 Å². The molecule has 1 aromatic heterocycles. The smallest absolute Gasteiger partial charge is 0.344 e. The van der Waals surface area contributed by atoms with Crippen molar-refractivity contribution in [3.8, 4) is 11.1 Å². The minimum Gasteiger partial charge on any atom is -0.467 e. The van der Waals surface area contributed by atoms with E-state index in [0.29, 0.717) is 22.3 Å². The zero-order valence-corrected chi connectivity index (χ0v) is 15.9. The molecule has 1 heterocycles. The van der Waals surface area contributed by atoms with Crippen LogP contribution in [0.1, 0.15) is 24.2 Å². The van der Waals surface area contributed by atoms with E-state index < -0.39 is 23.5 Å². The van der Waals surface area contributed by atoms with Crippen LogP contribution in [-0.4, -0.2) is 25.0 Å². The van der Waals surface area contributed by atoms with E-state index in [-0.39, 0.29) is 5.92 Å². The number of methoxy groups -OCH3 is 1. The molecular formula is C22H21NO5. The highest BCUT2D eigenvalue weighted by atomic mass is 16.5. The zero-order chi connectivity index (χ0) is 20.3. The van der Waals surface area contributed by atoms with Crippen LogP contribution >= 0.6 is 0 Å². The highest BCUT2D eigenvalue weighted by Gasteiger charge is 2.25. The largest absolute Gasteiger partial charge is 0.467 e. The Morgan fingerprint density at radius 2 is 1.79 bits per heavy atom. The first-order valence-electron chi connectivity index (χ1n) is 8.92. The van der Waals surface area contributed by atoms with Crippen LogP contribution in [0, 0.1) is 5.92 Å². The molecule has 0 spiro atoms. The van der Waals surface area contributed by atoms with Gasteiger partial charge in [0.1, 0.15) is 11.6 Å². The summed E-state index contributed by atoms with van der Waals surface area (Å²) < 4.78 is 10.1. The average Bonchev–Trinajstić information content (AvgIpc) is 2.70. The van der Waals surface area contributed by atoms with Crippen molar-refractivity contribution in [2.75, 3.05) is 7.11 Å². The Morgan fingerprint density at radius 1 is 1.04 bits per heavy atom. The number of carbonyl (C=O) groups is 2. The molecule has 0 radical (unpaired) electrons. The normalized spacial score (nSPS) is 12.0. The Kier molecular flexibility index (Phi) is 5.59. The Balaban J connectivity index is 1.94. The second kappa shape index (κ2) is 8.08. The first kappa shape index (κ1) is 19.4. The maximum Gasteiger partial charge on any atom is 0.344 e. The van der Waals surface area contributed by atoms with Crippen molar-refractivity contribution in [1.29, 1.82) is 0 Å². The quantitative estimate of drug-likeness (QED) is 0.542. The molecule has 6 heteroatoms.